The summed E-state index contributed by atoms with van der Waals surface area (Å²) >= 11 is 0. The summed E-state index contributed by atoms with van der Waals surface area (Å²) in [6, 6.07) is 3.22. The van der Waals surface area contributed by atoms with Crippen molar-refractivity contribution in [3.63, 3.8) is 0 Å². The van der Waals surface area contributed by atoms with Crippen molar-refractivity contribution >= 4 is 11.6 Å². The summed E-state index contributed by atoms with van der Waals surface area (Å²) in [6.07, 6.45) is -5.41. The van der Waals surface area contributed by atoms with Gasteiger partial charge >= 0.3 is 6.18 Å². The van der Waals surface area contributed by atoms with E-state index in [1.165, 1.54) is 6.07 Å². The number of carbonyl (C=O) groups is 1. The lowest BCUT2D eigenvalue weighted by Gasteiger charge is -2.08. The smallest absolute Gasteiger partial charge is 0.389 e. The quantitative estimate of drug-likeness (QED) is 0.498. The fourth-order valence-corrected chi connectivity index (χ4v) is 1.33. The molecule has 0 aliphatic heterocycles. The molecule has 1 amide bonds. The minimum Gasteiger partial charge on any atom is -0.398 e. The number of hydrogen-bond donors (Lipinski definition) is 2. The highest BCUT2D eigenvalue weighted by Gasteiger charge is 2.26. The Balaban J connectivity index is 2.46. The van der Waals surface area contributed by atoms with Crippen LogP contribution in [-0.2, 0) is 0 Å². The highest BCUT2D eigenvalue weighted by molar-refractivity contribution is 5.99. The lowest BCUT2D eigenvalue weighted by Crippen LogP contribution is -2.26. The third-order valence-electron chi connectivity index (χ3n) is 2.18. The number of carbonyl (C=O) groups excluding carboxylic acids is 1. The fourth-order valence-electron chi connectivity index (χ4n) is 1.33. The summed E-state index contributed by atoms with van der Waals surface area (Å²) in [5.74, 6) is -1.20. The zero-order valence-corrected chi connectivity index (χ0v) is 9.35. The molecule has 0 atom stereocenters. The van der Waals surface area contributed by atoms with Gasteiger partial charge in [0.15, 0.2) is 0 Å². The van der Waals surface area contributed by atoms with Crippen molar-refractivity contribution in [3.05, 3.63) is 29.6 Å². The Morgan fingerprint density at radius 3 is 2.56 bits per heavy atom. The van der Waals surface area contributed by atoms with E-state index >= 15 is 0 Å². The normalized spacial score (nSPS) is 11.3. The van der Waals surface area contributed by atoms with Crippen LogP contribution in [0.1, 0.15) is 23.2 Å². The second-order valence-corrected chi connectivity index (χ2v) is 3.71. The summed E-state index contributed by atoms with van der Waals surface area (Å²) in [4.78, 5) is 11.5. The van der Waals surface area contributed by atoms with Crippen molar-refractivity contribution in [2.75, 3.05) is 12.3 Å². The van der Waals surface area contributed by atoms with Crippen LogP contribution in [0.25, 0.3) is 0 Å². The van der Waals surface area contributed by atoms with Gasteiger partial charge in [-0.25, -0.2) is 4.39 Å². The molecule has 7 heteroatoms. The van der Waals surface area contributed by atoms with Crippen molar-refractivity contribution in [2.45, 2.75) is 19.0 Å². The van der Waals surface area contributed by atoms with E-state index in [4.69, 9.17) is 5.73 Å². The van der Waals surface area contributed by atoms with Crippen molar-refractivity contribution in [1.29, 1.82) is 0 Å². The molecule has 0 heterocycles. The Hall–Kier alpha value is -1.79. The third kappa shape index (κ3) is 4.60. The van der Waals surface area contributed by atoms with Gasteiger partial charge in [-0.05, 0) is 24.6 Å². The van der Waals surface area contributed by atoms with E-state index in [2.05, 4.69) is 5.32 Å². The van der Waals surface area contributed by atoms with E-state index in [1.807, 2.05) is 0 Å². The first-order valence-electron chi connectivity index (χ1n) is 5.19. The van der Waals surface area contributed by atoms with Crippen LogP contribution in [0.15, 0.2) is 18.2 Å². The Bertz CT molecular complexity index is 432. The molecule has 0 bridgehead atoms. The summed E-state index contributed by atoms with van der Waals surface area (Å²) in [6.45, 7) is -0.116. The van der Waals surface area contributed by atoms with Crippen molar-refractivity contribution in [2.24, 2.45) is 0 Å². The molecule has 0 spiro atoms. The first-order chi connectivity index (χ1) is 8.29. The number of alkyl halides is 3. The number of amides is 1. The van der Waals surface area contributed by atoms with Crippen LogP contribution in [0.3, 0.4) is 0 Å². The van der Waals surface area contributed by atoms with Crippen molar-refractivity contribution in [3.8, 4) is 0 Å². The summed E-state index contributed by atoms with van der Waals surface area (Å²) < 4.78 is 48.2. The molecule has 0 aromatic heterocycles. The lowest BCUT2D eigenvalue weighted by molar-refractivity contribution is -0.135. The van der Waals surface area contributed by atoms with Crippen LogP contribution in [-0.4, -0.2) is 18.6 Å². The van der Waals surface area contributed by atoms with Gasteiger partial charge in [0.05, 0.1) is 5.56 Å². The molecule has 0 radical (unpaired) electrons. The van der Waals surface area contributed by atoms with Crippen LogP contribution in [0, 0.1) is 5.82 Å². The molecule has 0 aliphatic rings. The second-order valence-electron chi connectivity index (χ2n) is 3.71. The molecule has 1 aromatic carbocycles. The molecule has 3 nitrogen and oxygen atoms in total. The number of nitrogen functional groups attached to an aromatic ring is 1. The minimum absolute atomic E-state index is 0.0448. The van der Waals surface area contributed by atoms with Gasteiger partial charge in [-0.2, -0.15) is 13.2 Å². The number of nitrogens with one attached hydrogen (secondary N) is 1. The van der Waals surface area contributed by atoms with E-state index in [0.717, 1.165) is 12.1 Å². The molecule has 3 N–H and O–H groups in total. The molecule has 0 saturated heterocycles. The van der Waals surface area contributed by atoms with Gasteiger partial charge < -0.3 is 11.1 Å². The number of nitrogens with two attached hydrogens (primary N) is 1. The van der Waals surface area contributed by atoms with Crippen LogP contribution in [0.5, 0.6) is 0 Å². The van der Waals surface area contributed by atoms with Gasteiger partial charge in [-0.3, -0.25) is 4.79 Å². The first-order valence-corrected chi connectivity index (χ1v) is 5.19. The van der Waals surface area contributed by atoms with E-state index in [-0.39, 0.29) is 24.2 Å². The molecule has 0 fully saturated rings. The zero-order valence-electron chi connectivity index (χ0n) is 9.35. The molecule has 0 saturated carbocycles. The van der Waals surface area contributed by atoms with Gasteiger partial charge in [0.2, 0.25) is 0 Å². The maximum Gasteiger partial charge on any atom is 0.389 e. The first kappa shape index (κ1) is 14.3. The monoisotopic (exact) mass is 264 g/mol. The Labute approximate surface area is 101 Å². The largest absolute Gasteiger partial charge is 0.398 e. The molecular weight excluding hydrogens is 252 g/mol. The topological polar surface area (TPSA) is 55.1 Å². The number of halogens is 4. The number of benzene rings is 1. The second kappa shape index (κ2) is 5.70. The standard InChI is InChI=1S/C11H12F4N2O/c12-7-2-3-8(9(16)6-7)10(18)17-5-1-4-11(13,14)15/h2-3,6H,1,4-5,16H2,(H,17,18). The number of hydrogen-bond acceptors (Lipinski definition) is 2. The Morgan fingerprint density at radius 1 is 1.33 bits per heavy atom. The summed E-state index contributed by atoms with van der Waals surface area (Å²) in [5, 5.41) is 2.29. The maximum atomic E-state index is 12.7. The molecule has 0 unspecified atom stereocenters. The third-order valence-corrected chi connectivity index (χ3v) is 2.18. The maximum absolute atomic E-state index is 12.7. The van der Waals surface area contributed by atoms with Crippen LogP contribution < -0.4 is 11.1 Å². The van der Waals surface area contributed by atoms with Gasteiger partial charge in [0, 0.05) is 18.7 Å². The summed E-state index contributed by atoms with van der Waals surface area (Å²) in [7, 11) is 0. The summed E-state index contributed by atoms with van der Waals surface area (Å²) in [5.41, 5.74) is 5.41. The van der Waals surface area contributed by atoms with Gasteiger partial charge in [-0.1, -0.05) is 0 Å². The molecular formula is C11H12F4N2O. The van der Waals surface area contributed by atoms with Crippen molar-refractivity contribution in [1.82, 2.24) is 5.32 Å². The molecule has 1 rings (SSSR count). The molecule has 100 valence electrons. The van der Waals surface area contributed by atoms with E-state index in [1.54, 1.807) is 0 Å². The zero-order chi connectivity index (χ0) is 13.8. The van der Waals surface area contributed by atoms with Crippen LogP contribution in [0.4, 0.5) is 23.2 Å². The highest BCUT2D eigenvalue weighted by Crippen LogP contribution is 2.20. The SMILES string of the molecule is Nc1cc(F)ccc1C(=O)NCCCC(F)(F)F. The highest BCUT2D eigenvalue weighted by atomic mass is 19.4. The predicted octanol–water partition coefficient (Wildman–Crippen LogP) is 2.48. The molecule has 0 aliphatic carbocycles. The average Bonchev–Trinajstić information content (AvgIpc) is 2.22. The number of anilines is 1. The van der Waals surface area contributed by atoms with E-state index in [0.29, 0.717) is 0 Å². The minimum atomic E-state index is -4.24. The van der Waals surface area contributed by atoms with Crippen LogP contribution >= 0.6 is 0 Å². The van der Waals surface area contributed by atoms with Gasteiger partial charge in [-0.15, -0.1) is 0 Å². The van der Waals surface area contributed by atoms with E-state index in [9.17, 15) is 22.4 Å². The Kier molecular flexibility index (Phi) is 4.52. The van der Waals surface area contributed by atoms with Gasteiger partial charge in [0.1, 0.15) is 5.82 Å². The Morgan fingerprint density at radius 2 is 2.00 bits per heavy atom. The average molecular weight is 264 g/mol. The van der Waals surface area contributed by atoms with E-state index < -0.39 is 24.3 Å². The van der Waals surface area contributed by atoms with Gasteiger partial charge in [0.25, 0.3) is 5.91 Å². The molecule has 18 heavy (non-hydrogen) atoms. The van der Waals surface area contributed by atoms with Crippen LogP contribution in [0.2, 0.25) is 0 Å². The predicted molar refractivity (Wildman–Crippen MR) is 58.4 cm³/mol. The fraction of sp³-hybridized carbons (Fsp3) is 0.364. The lowest BCUT2D eigenvalue weighted by atomic mass is 10.1. The van der Waals surface area contributed by atoms with Crippen molar-refractivity contribution < 1.29 is 22.4 Å². The molecule has 1 aromatic rings. The number of rotatable bonds is 4.